The van der Waals surface area contributed by atoms with Crippen LogP contribution in [-0.2, 0) is 19.1 Å². The molecule has 8 heteroatoms. The fourth-order valence-electron chi connectivity index (χ4n) is 3.26. The van der Waals surface area contributed by atoms with E-state index in [9.17, 15) is 14.4 Å². The van der Waals surface area contributed by atoms with Crippen LogP contribution in [0.25, 0.3) is 0 Å². The van der Waals surface area contributed by atoms with Gasteiger partial charge in [-0.1, -0.05) is 12.1 Å². The third kappa shape index (κ3) is 4.89. The summed E-state index contributed by atoms with van der Waals surface area (Å²) in [5.41, 5.74) is 2.17. The number of carbonyl (C=O) groups is 3. The van der Waals surface area contributed by atoms with Gasteiger partial charge in [-0.2, -0.15) is 0 Å². The second kappa shape index (κ2) is 9.30. The lowest BCUT2D eigenvalue weighted by Crippen LogP contribution is -2.28. The van der Waals surface area contributed by atoms with Crippen LogP contribution < -0.4 is 19.7 Å². The van der Waals surface area contributed by atoms with Crippen molar-refractivity contribution in [2.45, 2.75) is 13.3 Å². The van der Waals surface area contributed by atoms with E-state index in [0.717, 1.165) is 11.3 Å². The zero-order chi connectivity index (χ0) is 21.7. The third-order valence-corrected chi connectivity index (χ3v) is 4.80. The average molecular weight is 412 g/mol. The monoisotopic (exact) mass is 412 g/mol. The van der Waals surface area contributed by atoms with Crippen molar-refractivity contribution in [2.75, 3.05) is 37.6 Å². The summed E-state index contributed by atoms with van der Waals surface area (Å²) in [5.74, 6) is -0.860. The molecular weight excluding hydrogens is 388 g/mol. The fourth-order valence-corrected chi connectivity index (χ4v) is 3.26. The molecule has 1 atom stereocenters. The van der Waals surface area contributed by atoms with E-state index >= 15 is 0 Å². The SMILES string of the molecule is COc1ccc(OC)c(NC(=O)COC(=O)[C@H]2CC(=O)N(c3cccc(C)c3)C2)c1. The van der Waals surface area contributed by atoms with E-state index in [1.54, 1.807) is 23.1 Å². The van der Waals surface area contributed by atoms with Gasteiger partial charge >= 0.3 is 5.97 Å². The van der Waals surface area contributed by atoms with Crippen LogP contribution in [0, 0.1) is 12.8 Å². The van der Waals surface area contributed by atoms with Crippen molar-refractivity contribution in [1.29, 1.82) is 0 Å². The van der Waals surface area contributed by atoms with Gasteiger partial charge in [-0.05, 0) is 36.8 Å². The Bertz CT molecular complexity index is 958. The first kappa shape index (κ1) is 21.2. The first-order valence-electron chi connectivity index (χ1n) is 9.47. The molecule has 1 N–H and O–H groups in total. The third-order valence-electron chi connectivity index (χ3n) is 4.80. The highest BCUT2D eigenvalue weighted by Gasteiger charge is 2.36. The Morgan fingerprint density at radius 3 is 2.63 bits per heavy atom. The minimum atomic E-state index is -0.614. The highest BCUT2D eigenvalue weighted by atomic mass is 16.5. The zero-order valence-corrected chi connectivity index (χ0v) is 17.1. The molecule has 1 fully saturated rings. The van der Waals surface area contributed by atoms with Crippen molar-refractivity contribution >= 4 is 29.2 Å². The maximum absolute atomic E-state index is 12.4. The first-order chi connectivity index (χ1) is 14.4. The van der Waals surface area contributed by atoms with Gasteiger partial charge in [-0.25, -0.2) is 0 Å². The molecule has 2 aromatic carbocycles. The molecule has 1 aliphatic heterocycles. The Hall–Kier alpha value is -3.55. The van der Waals surface area contributed by atoms with E-state index in [0.29, 0.717) is 17.2 Å². The van der Waals surface area contributed by atoms with E-state index in [1.807, 2.05) is 31.2 Å². The Kier molecular flexibility index (Phi) is 6.56. The van der Waals surface area contributed by atoms with E-state index < -0.39 is 24.4 Å². The van der Waals surface area contributed by atoms with Crippen molar-refractivity contribution < 1.29 is 28.6 Å². The fraction of sp³-hybridized carbons (Fsp3) is 0.318. The maximum Gasteiger partial charge on any atom is 0.311 e. The molecule has 0 saturated carbocycles. The number of aryl methyl sites for hydroxylation is 1. The normalized spacial score (nSPS) is 15.6. The number of hydrogen-bond acceptors (Lipinski definition) is 6. The molecular formula is C22H24N2O6. The average Bonchev–Trinajstić information content (AvgIpc) is 3.13. The van der Waals surface area contributed by atoms with E-state index in [4.69, 9.17) is 14.2 Å². The van der Waals surface area contributed by atoms with E-state index in [1.165, 1.54) is 14.2 Å². The van der Waals surface area contributed by atoms with Gasteiger partial charge in [0.05, 0.1) is 25.8 Å². The molecule has 0 bridgehead atoms. The number of methoxy groups -OCH3 is 2. The van der Waals surface area contributed by atoms with Gasteiger partial charge in [0.1, 0.15) is 11.5 Å². The quantitative estimate of drug-likeness (QED) is 0.703. The highest BCUT2D eigenvalue weighted by molar-refractivity contribution is 6.00. The summed E-state index contributed by atoms with van der Waals surface area (Å²) in [5, 5.41) is 2.63. The molecule has 1 heterocycles. The van der Waals surface area contributed by atoms with Crippen LogP contribution in [0.4, 0.5) is 11.4 Å². The lowest BCUT2D eigenvalue weighted by molar-refractivity contribution is -0.151. The molecule has 1 aliphatic rings. The molecule has 3 rings (SSSR count). The summed E-state index contributed by atoms with van der Waals surface area (Å²) < 4.78 is 15.5. The minimum Gasteiger partial charge on any atom is -0.497 e. The van der Waals surface area contributed by atoms with Crippen molar-refractivity contribution in [1.82, 2.24) is 0 Å². The highest BCUT2D eigenvalue weighted by Crippen LogP contribution is 2.29. The number of benzene rings is 2. The predicted octanol–water partition coefficient (Wildman–Crippen LogP) is 2.55. The largest absolute Gasteiger partial charge is 0.497 e. The molecule has 0 aliphatic carbocycles. The van der Waals surface area contributed by atoms with Crippen LogP contribution in [0.15, 0.2) is 42.5 Å². The Morgan fingerprint density at radius 1 is 1.13 bits per heavy atom. The van der Waals surface area contributed by atoms with Crippen LogP contribution in [0.2, 0.25) is 0 Å². The first-order valence-corrected chi connectivity index (χ1v) is 9.47. The van der Waals surface area contributed by atoms with Gasteiger partial charge in [0.15, 0.2) is 6.61 Å². The smallest absolute Gasteiger partial charge is 0.311 e. The number of nitrogens with one attached hydrogen (secondary N) is 1. The Balaban J connectivity index is 1.56. The van der Waals surface area contributed by atoms with Crippen LogP contribution in [-0.4, -0.2) is 45.2 Å². The second-order valence-corrected chi connectivity index (χ2v) is 6.97. The summed E-state index contributed by atoms with van der Waals surface area (Å²) in [6.07, 6.45) is 0.0537. The van der Waals surface area contributed by atoms with Gasteiger partial charge in [0, 0.05) is 24.7 Å². The molecule has 0 unspecified atom stereocenters. The lowest BCUT2D eigenvalue weighted by Gasteiger charge is -2.17. The van der Waals surface area contributed by atoms with Crippen LogP contribution in [0.3, 0.4) is 0 Å². The van der Waals surface area contributed by atoms with Gasteiger partial charge in [0.2, 0.25) is 5.91 Å². The number of amides is 2. The number of hydrogen-bond donors (Lipinski definition) is 1. The number of anilines is 2. The Labute approximate surface area is 174 Å². The topological polar surface area (TPSA) is 94.2 Å². The summed E-state index contributed by atoms with van der Waals surface area (Å²) in [4.78, 5) is 38.5. The standard InChI is InChI=1S/C22H24N2O6/c1-14-5-4-6-16(9-14)24-12-15(10-21(24)26)22(27)30-13-20(25)23-18-11-17(28-2)7-8-19(18)29-3/h4-9,11,15H,10,12-13H2,1-3H3,(H,23,25)/t15-/m0/s1. The number of ether oxygens (including phenoxy) is 3. The van der Waals surface area contributed by atoms with Crippen molar-refractivity contribution in [3.05, 3.63) is 48.0 Å². The Morgan fingerprint density at radius 2 is 1.93 bits per heavy atom. The minimum absolute atomic E-state index is 0.0537. The van der Waals surface area contributed by atoms with Gasteiger partial charge < -0.3 is 24.4 Å². The van der Waals surface area contributed by atoms with Gasteiger partial charge in [0.25, 0.3) is 5.91 Å². The van der Waals surface area contributed by atoms with Crippen molar-refractivity contribution in [2.24, 2.45) is 5.92 Å². The summed E-state index contributed by atoms with van der Waals surface area (Å²) in [6, 6.07) is 12.5. The molecule has 0 aromatic heterocycles. The molecule has 158 valence electrons. The molecule has 0 spiro atoms. The molecule has 2 aromatic rings. The summed E-state index contributed by atoms with van der Waals surface area (Å²) in [6.45, 7) is 1.70. The van der Waals surface area contributed by atoms with Crippen LogP contribution >= 0.6 is 0 Å². The number of rotatable bonds is 7. The van der Waals surface area contributed by atoms with Crippen LogP contribution in [0.5, 0.6) is 11.5 Å². The summed E-state index contributed by atoms with van der Waals surface area (Å²) >= 11 is 0. The number of esters is 1. The van der Waals surface area contributed by atoms with Crippen LogP contribution in [0.1, 0.15) is 12.0 Å². The van der Waals surface area contributed by atoms with E-state index in [-0.39, 0.29) is 18.9 Å². The van der Waals surface area contributed by atoms with Crippen molar-refractivity contribution in [3.63, 3.8) is 0 Å². The molecule has 2 amide bonds. The molecule has 8 nitrogen and oxygen atoms in total. The van der Waals surface area contributed by atoms with Gasteiger partial charge in [-0.15, -0.1) is 0 Å². The zero-order valence-electron chi connectivity index (χ0n) is 17.1. The van der Waals surface area contributed by atoms with Gasteiger partial charge in [-0.3, -0.25) is 14.4 Å². The lowest BCUT2D eigenvalue weighted by atomic mass is 10.1. The maximum atomic E-state index is 12.4. The second-order valence-electron chi connectivity index (χ2n) is 6.97. The molecule has 0 radical (unpaired) electrons. The number of nitrogens with zero attached hydrogens (tertiary/aromatic N) is 1. The molecule has 30 heavy (non-hydrogen) atoms. The molecule has 1 saturated heterocycles. The van der Waals surface area contributed by atoms with E-state index in [2.05, 4.69) is 5.32 Å². The predicted molar refractivity (Wildman–Crippen MR) is 111 cm³/mol. The summed E-state index contributed by atoms with van der Waals surface area (Å²) in [7, 11) is 2.99. The number of carbonyl (C=O) groups excluding carboxylic acids is 3. The van der Waals surface area contributed by atoms with Crippen molar-refractivity contribution in [3.8, 4) is 11.5 Å².